The summed E-state index contributed by atoms with van der Waals surface area (Å²) in [4.78, 5) is 16.6. The smallest absolute Gasteiger partial charge is 0.234 e. The molecule has 0 spiro atoms. The van der Waals surface area contributed by atoms with Crippen molar-refractivity contribution >= 4 is 23.4 Å². The highest BCUT2D eigenvalue weighted by Gasteiger charge is 2.25. The van der Waals surface area contributed by atoms with Gasteiger partial charge >= 0.3 is 0 Å². The molecule has 0 saturated carbocycles. The zero-order valence-corrected chi connectivity index (χ0v) is 15.9. The number of H-pyrrole nitrogens is 1. The third-order valence-corrected chi connectivity index (χ3v) is 4.86. The molecule has 3 aromatic rings. The molecule has 0 radical (unpaired) electrons. The second kappa shape index (κ2) is 8.22. The molecule has 1 amide bonds. The van der Waals surface area contributed by atoms with Crippen LogP contribution in [0.2, 0.25) is 0 Å². The Morgan fingerprint density at radius 1 is 1.25 bits per heavy atom. The molecule has 1 aliphatic rings. The van der Waals surface area contributed by atoms with E-state index in [0.717, 1.165) is 0 Å². The molecule has 1 aromatic heterocycles. The van der Waals surface area contributed by atoms with Crippen molar-refractivity contribution in [3.8, 4) is 17.2 Å². The van der Waals surface area contributed by atoms with Crippen LogP contribution in [0.5, 0.6) is 17.2 Å². The van der Waals surface area contributed by atoms with E-state index in [1.54, 1.807) is 19.2 Å². The number of fused-ring (bicyclic) bond motifs is 1. The maximum Gasteiger partial charge on any atom is 0.234 e. The number of carbonyl (C=O) groups is 1. The number of ether oxygens (including phenoxy) is 3. The van der Waals surface area contributed by atoms with Gasteiger partial charge in [0.2, 0.25) is 11.1 Å². The lowest BCUT2D eigenvalue weighted by Crippen LogP contribution is -2.22. The highest BCUT2D eigenvalue weighted by atomic mass is 32.2. The van der Waals surface area contributed by atoms with Crippen molar-refractivity contribution in [2.45, 2.75) is 11.3 Å². The minimum atomic E-state index is -0.376. The van der Waals surface area contributed by atoms with Gasteiger partial charge in [0.25, 0.3) is 0 Å². The molecule has 0 fully saturated rings. The number of carbonyl (C=O) groups excluding carboxylic acids is 1. The van der Waals surface area contributed by atoms with Crippen LogP contribution < -0.4 is 19.5 Å². The molecule has 9 heteroatoms. The first-order chi connectivity index (χ1) is 13.7. The summed E-state index contributed by atoms with van der Waals surface area (Å²) in [7, 11) is 1.56. The van der Waals surface area contributed by atoms with Gasteiger partial charge in [0.1, 0.15) is 12.4 Å². The van der Waals surface area contributed by atoms with Crippen LogP contribution in [0.4, 0.5) is 5.69 Å². The number of aromatic amines is 1. The van der Waals surface area contributed by atoms with Gasteiger partial charge in [-0.15, -0.1) is 5.10 Å². The first-order valence-corrected chi connectivity index (χ1v) is 9.58. The molecule has 28 heavy (non-hydrogen) atoms. The van der Waals surface area contributed by atoms with Gasteiger partial charge in [0, 0.05) is 0 Å². The summed E-state index contributed by atoms with van der Waals surface area (Å²) in [5.74, 6) is 2.53. The Hall–Kier alpha value is -3.20. The minimum Gasteiger partial charge on any atom is -0.495 e. The van der Waals surface area contributed by atoms with Crippen molar-refractivity contribution in [1.29, 1.82) is 0 Å². The number of thioether (sulfide) groups is 1. The van der Waals surface area contributed by atoms with Gasteiger partial charge in [0.15, 0.2) is 23.4 Å². The fraction of sp³-hybridized carbons (Fsp3) is 0.211. The Bertz CT molecular complexity index is 978. The van der Waals surface area contributed by atoms with E-state index in [0.29, 0.717) is 40.5 Å². The summed E-state index contributed by atoms with van der Waals surface area (Å²) in [5.41, 5.74) is 0.623. The second-order valence-corrected chi connectivity index (χ2v) is 6.85. The normalized spacial score (nSPS) is 15.1. The molecule has 2 N–H and O–H groups in total. The summed E-state index contributed by atoms with van der Waals surface area (Å²) in [5, 5.41) is 10.3. The predicted octanol–water partition coefficient (Wildman–Crippen LogP) is 3.06. The van der Waals surface area contributed by atoms with E-state index in [1.165, 1.54) is 11.8 Å². The van der Waals surface area contributed by atoms with Gasteiger partial charge in [-0.05, 0) is 24.3 Å². The van der Waals surface area contributed by atoms with Gasteiger partial charge in [-0.3, -0.25) is 9.89 Å². The van der Waals surface area contributed by atoms with Crippen LogP contribution in [-0.2, 0) is 4.79 Å². The van der Waals surface area contributed by atoms with E-state index in [2.05, 4.69) is 20.5 Å². The van der Waals surface area contributed by atoms with Crippen molar-refractivity contribution < 1.29 is 19.0 Å². The lowest BCUT2D eigenvalue weighted by molar-refractivity contribution is -0.113. The number of hydrogen-bond acceptors (Lipinski definition) is 7. The van der Waals surface area contributed by atoms with Crippen LogP contribution in [0, 0.1) is 0 Å². The number of nitrogens with one attached hydrogen (secondary N) is 2. The Kier molecular flexibility index (Phi) is 5.34. The highest BCUT2D eigenvalue weighted by Crippen LogP contribution is 2.35. The van der Waals surface area contributed by atoms with Crippen LogP contribution in [0.15, 0.2) is 53.7 Å². The zero-order valence-electron chi connectivity index (χ0n) is 15.0. The standard InChI is InChI=1S/C19H18N4O4S/c1-25-13-7-3-2-6-12(13)20-17(24)11-28-19-21-18(22-23-19)16-10-26-14-8-4-5-9-15(14)27-16/h2-9,16H,10-11H2,1H3,(H,20,24)(H,21,22,23)/t16-/m1/s1. The number of hydrogen-bond donors (Lipinski definition) is 2. The van der Waals surface area contributed by atoms with Gasteiger partial charge in [-0.1, -0.05) is 36.0 Å². The van der Waals surface area contributed by atoms with E-state index >= 15 is 0 Å². The van der Waals surface area contributed by atoms with Crippen LogP contribution in [0.1, 0.15) is 11.9 Å². The SMILES string of the molecule is COc1ccccc1NC(=O)CSc1n[nH]c([C@H]2COc3ccccc3O2)n1. The number of rotatable bonds is 6. The summed E-state index contributed by atoms with van der Waals surface area (Å²) >= 11 is 1.23. The molecule has 2 heterocycles. The molecular formula is C19H18N4O4S. The number of benzene rings is 2. The topological polar surface area (TPSA) is 98.4 Å². The quantitative estimate of drug-likeness (QED) is 0.616. The van der Waals surface area contributed by atoms with E-state index < -0.39 is 0 Å². The Balaban J connectivity index is 1.33. The molecule has 0 bridgehead atoms. The largest absolute Gasteiger partial charge is 0.495 e. The molecule has 8 nitrogen and oxygen atoms in total. The Morgan fingerprint density at radius 2 is 2.04 bits per heavy atom. The van der Waals surface area contributed by atoms with Crippen LogP contribution in [0.3, 0.4) is 0 Å². The average molecular weight is 398 g/mol. The third-order valence-electron chi connectivity index (χ3n) is 4.01. The first-order valence-electron chi connectivity index (χ1n) is 8.59. The number of nitrogens with zero attached hydrogens (tertiary/aromatic N) is 2. The van der Waals surface area contributed by atoms with E-state index in [9.17, 15) is 4.79 Å². The predicted molar refractivity (Wildman–Crippen MR) is 104 cm³/mol. The number of aromatic nitrogens is 3. The summed E-state index contributed by atoms with van der Waals surface area (Å²) < 4.78 is 16.8. The van der Waals surface area contributed by atoms with Crippen LogP contribution in [0.25, 0.3) is 0 Å². The zero-order chi connectivity index (χ0) is 19.3. The number of amides is 1. The fourth-order valence-electron chi connectivity index (χ4n) is 2.69. The lowest BCUT2D eigenvalue weighted by Gasteiger charge is -2.24. The Labute approximate surface area is 165 Å². The van der Waals surface area contributed by atoms with Crippen LogP contribution >= 0.6 is 11.8 Å². The van der Waals surface area contributed by atoms with Crippen molar-refractivity contribution in [3.63, 3.8) is 0 Å². The third kappa shape index (κ3) is 4.04. The first kappa shape index (κ1) is 18.2. The van der Waals surface area contributed by atoms with Crippen LogP contribution in [-0.4, -0.2) is 40.6 Å². The number of methoxy groups -OCH3 is 1. The fourth-order valence-corrected chi connectivity index (χ4v) is 3.29. The van der Waals surface area contributed by atoms with E-state index in [1.807, 2.05) is 36.4 Å². The maximum atomic E-state index is 12.2. The molecule has 1 atom stereocenters. The monoisotopic (exact) mass is 398 g/mol. The van der Waals surface area contributed by atoms with Crippen molar-refractivity contribution in [2.24, 2.45) is 0 Å². The van der Waals surface area contributed by atoms with E-state index in [-0.39, 0.29) is 17.8 Å². The molecule has 2 aromatic carbocycles. The lowest BCUT2D eigenvalue weighted by atomic mass is 10.2. The molecule has 4 rings (SSSR count). The average Bonchev–Trinajstić information content (AvgIpc) is 3.21. The van der Waals surface area contributed by atoms with Crippen molar-refractivity contribution in [3.05, 3.63) is 54.4 Å². The number of para-hydroxylation sites is 4. The van der Waals surface area contributed by atoms with Crippen molar-refractivity contribution in [1.82, 2.24) is 15.2 Å². The molecule has 1 aliphatic heterocycles. The Morgan fingerprint density at radius 3 is 2.89 bits per heavy atom. The summed E-state index contributed by atoms with van der Waals surface area (Å²) in [6.45, 7) is 0.338. The van der Waals surface area contributed by atoms with Crippen molar-refractivity contribution in [2.75, 3.05) is 24.8 Å². The van der Waals surface area contributed by atoms with Gasteiger partial charge in [-0.2, -0.15) is 0 Å². The van der Waals surface area contributed by atoms with Gasteiger partial charge in [0.05, 0.1) is 18.6 Å². The summed E-state index contributed by atoms with van der Waals surface area (Å²) in [6, 6.07) is 14.7. The molecule has 0 aliphatic carbocycles. The summed E-state index contributed by atoms with van der Waals surface area (Å²) in [6.07, 6.45) is -0.376. The molecule has 144 valence electrons. The van der Waals surface area contributed by atoms with Gasteiger partial charge < -0.3 is 19.5 Å². The minimum absolute atomic E-state index is 0.167. The second-order valence-electron chi connectivity index (χ2n) is 5.90. The molecule has 0 saturated heterocycles. The van der Waals surface area contributed by atoms with Gasteiger partial charge in [-0.25, -0.2) is 4.98 Å². The molecular weight excluding hydrogens is 380 g/mol. The maximum absolute atomic E-state index is 12.2. The molecule has 0 unspecified atom stereocenters. The van der Waals surface area contributed by atoms with E-state index in [4.69, 9.17) is 14.2 Å². The highest BCUT2D eigenvalue weighted by molar-refractivity contribution is 7.99. The number of anilines is 1.